The van der Waals surface area contributed by atoms with Crippen molar-refractivity contribution in [3.63, 3.8) is 0 Å². The highest BCUT2D eigenvalue weighted by Gasteiger charge is 2.05. The third-order valence-corrected chi connectivity index (χ3v) is 4.03. The first-order valence-corrected chi connectivity index (χ1v) is 9.24. The molecule has 2 aromatic rings. The molecule has 6 nitrogen and oxygen atoms in total. The minimum Gasteiger partial charge on any atom is -0.744 e. The van der Waals surface area contributed by atoms with Gasteiger partial charge >= 0.3 is 6.40 Å². The molecule has 2 rings (SSSR count). The molecule has 0 saturated heterocycles. The van der Waals surface area contributed by atoms with E-state index in [0.717, 1.165) is 11.1 Å². The lowest BCUT2D eigenvalue weighted by Crippen LogP contribution is -2.11. The zero-order valence-electron chi connectivity index (χ0n) is 15.3. The Kier molecular flexibility index (Phi) is 8.15. The van der Waals surface area contributed by atoms with Crippen molar-refractivity contribution in [2.45, 2.75) is 18.7 Å². The van der Waals surface area contributed by atoms with Gasteiger partial charge in [-0.25, -0.2) is 13.0 Å². The van der Waals surface area contributed by atoms with E-state index in [2.05, 4.69) is 0 Å². The molecule has 0 fully saturated rings. The number of ketones is 1. The van der Waals surface area contributed by atoms with Crippen LogP contribution in [0.1, 0.15) is 21.5 Å². The van der Waals surface area contributed by atoms with Crippen LogP contribution in [0.4, 0.5) is 0 Å². The van der Waals surface area contributed by atoms with E-state index in [1.807, 2.05) is 52.2 Å². The average Bonchev–Trinajstić information content (AvgIpc) is 2.55. The average molecular weight is 377 g/mol. The summed E-state index contributed by atoms with van der Waals surface area (Å²) in [6, 6.07) is 13.3. The summed E-state index contributed by atoms with van der Waals surface area (Å²) in [5.41, 5.74) is 2.76. The first-order chi connectivity index (χ1) is 12.1. The molecule has 0 amide bonds. The molecule has 0 aliphatic heterocycles. The molecule has 26 heavy (non-hydrogen) atoms. The Morgan fingerprint density at radius 3 is 1.88 bits per heavy atom. The van der Waals surface area contributed by atoms with Crippen molar-refractivity contribution in [3.8, 4) is 0 Å². The molecule has 140 valence electrons. The van der Waals surface area contributed by atoms with Crippen molar-refractivity contribution in [2.75, 3.05) is 20.7 Å². The normalized spacial score (nSPS) is 10.3. The van der Waals surface area contributed by atoms with Gasteiger partial charge in [-0.15, -0.1) is 0 Å². The zero-order valence-corrected chi connectivity index (χ0v) is 16.1. The van der Waals surface area contributed by atoms with Crippen LogP contribution < -0.4 is 0 Å². The number of benzene rings is 2. The first kappa shape index (κ1) is 21.5. The van der Waals surface area contributed by atoms with E-state index in [1.165, 1.54) is 18.5 Å². The second-order valence-corrected chi connectivity index (χ2v) is 7.32. The third-order valence-electron chi connectivity index (χ3n) is 3.18. The van der Waals surface area contributed by atoms with E-state index in [1.54, 1.807) is 16.7 Å². The SMILES string of the molecule is Cc1ccc(C(=O)COC=[N+](C)C)cc1.Cc1ccc(S(=O)(=O)[O-])cc1. The number of hydrogen-bond acceptors (Lipinski definition) is 5. The fourth-order valence-electron chi connectivity index (χ4n) is 1.79. The van der Waals surface area contributed by atoms with E-state index in [9.17, 15) is 17.8 Å². The van der Waals surface area contributed by atoms with Gasteiger partial charge in [-0.3, -0.25) is 4.79 Å². The lowest BCUT2D eigenvalue weighted by molar-refractivity contribution is -0.468. The molecule has 0 aliphatic rings. The van der Waals surface area contributed by atoms with Crippen molar-refractivity contribution in [3.05, 3.63) is 65.2 Å². The van der Waals surface area contributed by atoms with E-state index in [-0.39, 0.29) is 17.3 Å². The summed E-state index contributed by atoms with van der Waals surface area (Å²) < 4.78 is 38.0. The van der Waals surface area contributed by atoms with E-state index >= 15 is 0 Å². The van der Waals surface area contributed by atoms with Crippen LogP contribution >= 0.6 is 0 Å². The van der Waals surface area contributed by atoms with E-state index in [0.29, 0.717) is 5.56 Å². The standard InChI is InChI=1S/C12H16NO2.C7H8O3S/c1-10-4-6-11(7-5-10)12(14)8-15-9-13(2)3;1-6-2-4-7(5-3-6)11(8,9)10/h4-7,9H,8H2,1-3H3;2-5H,1H3,(H,8,9,10)/q+1;/p-1. The Morgan fingerprint density at radius 1 is 1.00 bits per heavy atom. The van der Waals surface area contributed by atoms with Crippen molar-refractivity contribution in [2.24, 2.45) is 0 Å². The highest BCUT2D eigenvalue weighted by Crippen LogP contribution is 2.08. The molecular weight excluding hydrogens is 354 g/mol. The molecule has 0 radical (unpaired) electrons. The first-order valence-electron chi connectivity index (χ1n) is 7.83. The minimum absolute atomic E-state index is 0.00639. The van der Waals surface area contributed by atoms with Gasteiger partial charge in [0.15, 0.2) is 12.4 Å². The van der Waals surface area contributed by atoms with Crippen LogP contribution in [0.2, 0.25) is 0 Å². The van der Waals surface area contributed by atoms with Gasteiger partial charge in [0.1, 0.15) is 24.2 Å². The Labute approximate surface area is 154 Å². The number of nitrogens with zero attached hydrogens (tertiary/aromatic N) is 1. The number of ether oxygens (including phenoxy) is 1. The summed E-state index contributed by atoms with van der Waals surface area (Å²) in [6.07, 6.45) is 1.52. The van der Waals surface area contributed by atoms with Crippen LogP contribution in [0.3, 0.4) is 0 Å². The van der Waals surface area contributed by atoms with Crippen LogP contribution in [-0.4, -0.2) is 50.4 Å². The molecule has 0 atom stereocenters. The molecule has 0 unspecified atom stereocenters. The van der Waals surface area contributed by atoms with Crippen LogP contribution in [0.15, 0.2) is 53.4 Å². The fraction of sp³-hybridized carbons (Fsp3) is 0.263. The smallest absolute Gasteiger partial charge is 0.323 e. The maximum Gasteiger partial charge on any atom is 0.323 e. The number of Topliss-reactive ketones (excluding diaryl/α,β-unsaturated/α-hetero) is 1. The van der Waals surface area contributed by atoms with Gasteiger partial charge < -0.3 is 9.29 Å². The second-order valence-electron chi connectivity index (χ2n) is 5.94. The summed E-state index contributed by atoms with van der Waals surface area (Å²) in [4.78, 5) is 11.4. The largest absolute Gasteiger partial charge is 0.744 e. The van der Waals surface area contributed by atoms with Crippen molar-refractivity contribution >= 4 is 22.3 Å². The molecular formula is C19H23NO5S. The zero-order chi connectivity index (χ0) is 19.7. The third kappa shape index (κ3) is 8.04. The molecule has 0 N–H and O–H groups in total. The van der Waals surface area contributed by atoms with Gasteiger partial charge in [-0.05, 0) is 26.0 Å². The monoisotopic (exact) mass is 377 g/mol. The molecule has 0 aromatic heterocycles. The Morgan fingerprint density at radius 2 is 1.46 bits per heavy atom. The lowest BCUT2D eigenvalue weighted by atomic mass is 10.1. The minimum atomic E-state index is -4.27. The number of rotatable bonds is 5. The molecule has 0 saturated carbocycles. The van der Waals surface area contributed by atoms with Gasteiger partial charge in [0.25, 0.3) is 0 Å². The maximum atomic E-state index is 11.6. The molecule has 7 heteroatoms. The van der Waals surface area contributed by atoms with Gasteiger partial charge in [-0.1, -0.05) is 47.5 Å². The van der Waals surface area contributed by atoms with Crippen LogP contribution in [0.25, 0.3) is 0 Å². The number of aryl methyl sites for hydroxylation is 2. The number of carbonyl (C=O) groups is 1. The Hall–Kier alpha value is -2.51. The van der Waals surface area contributed by atoms with E-state index < -0.39 is 10.1 Å². The fourth-order valence-corrected chi connectivity index (χ4v) is 2.26. The molecule has 0 heterocycles. The molecule has 0 aliphatic carbocycles. The summed E-state index contributed by atoms with van der Waals surface area (Å²) in [5, 5.41) is 0. The number of hydrogen-bond donors (Lipinski definition) is 0. The predicted molar refractivity (Wildman–Crippen MR) is 98.8 cm³/mol. The van der Waals surface area contributed by atoms with Crippen LogP contribution in [-0.2, 0) is 14.9 Å². The lowest BCUT2D eigenvalue weighted by Gasteiger charge is -2.05. The molecule has 0 bridgehead atoms. The number of carbonyl (C=O) groups excluding carboxylic acids is 1. The second kappa shape index (κ2) is 9.84. The summed E-state index contributed by atoms with van der Waals surface area (Å²) >= 11 is 0. The topological polar surface area (TPSA) is 86.5 Å². The predicted octanol–water partition coefficient (Wildman–Crippen LogP) is 2.39. The Balaban J connectivity index is 0.000000273. The van der Waals surface area contributed by atoms with Crippen molar-refractivity contribution in [1.82, 2.24) is 0 Å². The van der Waals surface area contributed by atoms with Crippen molar-refractivity contribution < 1.29 is 27.1 Å². The van der Waals surface area contributed by atoms with Gasteiger partial charge in [0.2, 0.25) is 0 Å². The van der Waals surface area contributed by atoms with Crippen molar-refractivity contribution in [1.29, 1.82) is 0 Å². The van der Waals surface area contributed by atoms with Gasteiger partial charge in [0.05, 0.1) is 4.90 Å². The summed E-state index contributed by atoms with van der Waals surface area (Å²) in [6.45, 7) is 3.90. The molecule has 0 spiro atoms. The maximum absolute atomic E-state index is 11.6. The quantitative estimate of drug-likeness (QED) is 0.263. The van der Waals surface area contributed by atoms with E-state index in [4.69, 9.17) is 4.74 Å². The van der Waals surface area contributed by atoms with Crippen LogP contribution in [0, 0.1) is 13.8 Å². The van der Waals surface area contributed by atoms with Crippen LogP contribution in [0.5, 0.6) is 0 Å². The highest BCUT2D eigenvalue weighted by atomic mass is 32.2. The Bertz CT molecular complexity index is 850. The highest BCUT2D eigenvalue weighted by molar-refractivity contribution is 7.85. The summed E-state index contributed by atoms with van der Waals surface area (Å²) in [5.74, 6) is -0.00639. The van der Waals surface area contributed by atoms with Gasteiger partial charge in [-0.2, -0.15) is 0 Å². The molecule has 2 aromatic carbocycles. The van der Waals surface area contributed by atoms with Gasteiger partial charge in [0, 0.05) is 5.56 Å². The summed E-state index contributed by atoms with van der Waals surface area (Å²) in [7, 11) is -0.582.